The van der Waals surface area contributed by atoms with Gasteiger partial charge in [0.25, 0.3) is 11.8 Å². The zero-order valence-corrected chi connectivity index (χ0v) is 20.4. The third-order valence-electron chi connectivity index (χ3n) is 7.19. The lowest BCUT2D eigenvalue weighted by Crippen LogP contribution is -2.40. The Hall–Kier alpha value is -4.05. The number of carbonyl (C=O) groups excluding carboxylic acids is 2. The first-order valence-corrected chi connectivity index (χ1v) is 12.5. The van der Waals surface area contributed by atoms with Gasteiger partial charge in [-0.1, -0.05) is 24.1 Å². The zero-order valence-electron chi connectivity index (χ0n) is 20.4. The number of nitrogens with two attached hydrogens (primary N) is 1. The van der Waals surface area contributed by atoms with Crippen LogP contribution in [0.3, 0.4) is 0 Å². The van der Waals surface area contributed by atoms with Crippen LogP contribution >= 0.6 is 0 Å². The Morgan fingerprint density at radius 3 is 2.33 bits per heavy atom. The molecule has 2 aromatic carbocycles. The van der Waals surface area contributed by atoms with E-state index in [4.69, 9.17) is 15.5 Å². The molecule has 1 aromatic heterocycles. The molecular weight excluding hydrogens is 452 g/mol. The summed E-state index contributed by atoms with van der Waals surface area (Å²) >= 11 is 0. The maximum atomic E-state index is 12.6. The highest BCUT2D eigenvalue weighted by atomic mass is 16.5. The van der Waals surface area contributed by atoms with Crippen LogP contribution < -0.4 is 10.5 Å². The van der Waals surface area contributed by atoms with E-state index in [-0.39, 0.29) is 11.8 Å². The third kappa shape index (κ3) is 4.72. The SMILES string of the molecule is CC#CC(=O)N1CCC(C2CCCn3c2nc(-c2ccc(Oc4ccccc4)cc2)c3C(N)=O)CC1. The fourth-order valence-electron chi connectivity index (χ4n) is 5.47. The third-order valence-corrected chi connectivity index (χ3v) is 7.19. The van der Waals surface area contributed by atoms with Crippen LogP contribution in [0.5, 0.6) is 11.5 Å². The summed E-state index contributed by atoms with van der Waals surface area (Å²) < 4.78 is 7.94. The minimum atomic E-state index is -0.465. The molecule has 2 N–H and O–H groups in total. The molecular formula is C29H30N4O3. The number of amides is 2. The van der Waals surface area contributed by atoms with Crippen LogP contribution in [0.4, 0.5) is 0 Å². The molecule has 0 bridgehead atoms. The predicted molar refractivity (Wildman–Crippen MR) is 137 cm³/mol. The molecule has 7 heteroatoms. The number of imidazole rings is 1. The first-order valence-electron chi connectivity index (χ1n) is 12.5. The lowest BCUT2D eigenvalue weighted by Gasteiger charge is -2.37. The number of hydrogen-bond acceptors (Lipinski definition) is 4. The first kappa shape index (κ1) is 23.7. The van der Waals surface area contributed by atoms with Crippen molar-refractivity contribution in [3.8, 4) is 34.6 Å². The van der Waals surface area contributed by atoms with Gasteiger partial charge in [0, 0.05) is 31.1 Å². The van der Waals surface area contributed by atoms with Gasteiger partial charge in [0.1, 0.15) is 28.7 Å². The first-order chi connectivity index (χ1) is 17.5. The number of nitrogens with zero attached hydrogens (tertiary/aromatic N) is 3. The van der Waals surface area contributed by atoms with E-state index in [2.05, 4.69) is 11.8 Å². The quantitative estimate of drug-likeness (QED) is 0.539. The molecule has 2 aliphatic rings. The molecule has 184 valence electrons. The fraction of sp³-hybridized carbons (Fsp3) is 0.345. The summed E-state index contributed by atoms with van der Waals surface area (Å²) in [4.78, 5) is 31.6. The van der Waals surface area contributed by atoms with E-state index in [1.807, 2.05) is 64.1 Å². The average Bonchev–Trinajstić information content (AvgIpc) is 3.30. The van der Waals surface area contributed by atoms with E-state index in [0.29, 0.717) is 36.1 Å². The largest absolute Gasteiger partial charge is 0.457 e. The maximum Gasteiger partial charge on any atom is 0.298 e. The van der Waals surface area contributed by atoms with Crippen molar-refractivity contribution in [3.63, 3.8) is 0 Å². The summed E-state index contributed by atoms with van der Waals surface area (Å²) in [6.07, 6.45) is 3.80. The molecule has 0 aliphatic carbocycles. The molecule has 2 aliphatic heterocycles. The number of carbonyl (C=O) groups is 2. The van der Waals surface area contributed by atoms with Gasteiger partial charge < -0.3 is 19.9 Å². The van der Waals surface area contributed by atoms with Crippen molar-refractivity contribution >= 4 is 11.8 Å². The molecule has 3 aromatic rings. The smallest absolute Gasteiger partial charge is 0.298 e. The highest BCUT2D eigenvalue weighted by molar-refractivity contribution is 5.97. The van der Waals surface area contributed by atoms with Crippen LogP contribution in [0.15, 0.2) is 54.6 Å². The Morgan fingerprint density at radius 1 is 0.972 bits per heavy atom. The molecule has 1 unspecified atom stereocenters. The number of piperidine rings is 1. The second kappa shape index (κ2) is 10.3. The molecule has 0 radical (unpaired) electrons. The molecule has 0 saturated carbocycles. The van der Waals surface area contributed by atoms with Crippen molar-refractivity contribution < 1.29 is 14.3 Å². The van der Waals surface area contributed by atoms with E-state index in [1.54, 1.807) is 6.92 Å². The van der Waals surface area contributed by atoms with Crippen molar-refractivity contribution in [2.75, 3.05) is 13.1 Å². The summed E-state index contributed by atoms with van der Waals surface area (Å²) in [6.45, 7) is 3.82. The standard InChI is InChI=1S/C29H30N4O3/c1-2-7-25(34)32-18-15-20(16-19-32)24-10-6-17-33-27(28(30)35)26(31-29(24)33)21-11-13-23(14-12-21)36-22-8-4-3-5-9-22/h3-5,8-9,11-14,20,24H,6,10,15-19H2,1H3,(H2,30,35). The summed E-state index contributed by atoms with van der Waals surface area (Å²) in [7, 11) is 0. The summed E-state index contributed by atoms with van der Waals surface area (Å²) in [6, 6.07) is 17.2. The summed E-state index contributed by atoms with van der Waals surface area (Å²) in [5.74, 6) is 7.83. The maximum absolute atomic E-state index is 12.6. The van der Waals surface area contributed by atoms with Crippen molar-refractivity contribution in [2.24, 2.45) is 11.7 Å². The predicted octanol–water partition coefficient (Wildman–Crippen LogP) is 4.58. The Kier molecular flexibility index (Phi) is 6.77. The number of ether oxygens (including phenoxy) is 1. The topological polar surface area (TPSA) is 90.4 Å². The number of hydrogen-bond donors (Lipinski definition) is 1. The summed E-state index contributed by atoms with van der Waals surface area (Å²) in [5.41, 5.74) is 7.81. The Morgan fingerprint density at radius 2 is 1.67 bits per heavy atom. The molecule has 1 atom stereocenters. The highest BCUT2D eigenvalue weighted by Gasteiger charge is 2.36. The van der Waals surface area contributed by atoms with E-state index in [0.717, 1.165) is 49.4 Å². The number of aromatic nitrogens is 2. The van der Waals surface area contributed by atoms with Gasteiger partial charge in [-0.2, -0.15) is 0 Å². The molecule has 2 amide bonds. The van der Waals surface area contributed by atoms with Crippen LogP contribution in [0.2, 0.25) is 0 Å². The lowest BCUT2D eigenvalue weighted by molar-refractivity contribution is -0.126. The Bertz CT molecular complexity index is 1310. The Labute approximate surface area is 211 Å². The number of rotatable bonds is 5. The Balaban J connectivity index is 1.40. The average molecular weight is 483 g/mol. The van der Waals surface area contributed by atoms with E-state index in [9.17, 15) is 9.59 Å². The number of benzene rings is 2. The minimum absolute atomic E-state index is 0.0981. The fourth-order valence-corrected chi connectivity index (χ4v) is 5.47. The monoisotopic (exact) mass is 482 g/mol. The van der Waals surface area contributed by atoms with Crippen molar-refractivity contribution in [1.29, 1.82) is 0 Å². The summed E-state index contributed by atoms with van der Waals surface area (Å²) in [5, 5.41) is 0. The van der Waals surface area contributed by atoms with Crippen molar-refractivity contribution in [1.82, 2.24) is 14.5 Å². The van der Waals surface area contributed by atoms with Gasteiger partial charge in [-0.3, -0.25) is 9.59 Å². The second-order valence-electron chi connectivity index (χ2n) is 9.38. The van der Waals surface area contributed by atoms with E-state index < -0.39 is 5.91 Å². The molecule has 1 saturated heterocycles. The molecule has 7 nitrogen and oxygen atoms in total. The van der Waals surface area contributed by atoms with Gasteiger partial charge in [-0.25, -0.2) is 4.98 Å². The van der Waals surface area contributed by atoms with Crippen LogP contribution in [0.1, 0.15) is 54.8 Å². The normalized spacial score (nSPS) is 17.6. The zero-order chi connectivity index (χ0) is 25.1. The lowest BCUT2D eigenvalue weighted by atomic mass is 9.79. The molecule has 1 fully saturated rings. The molecule has 3 heterocycles. The van der Waals surface area contributed by atoms with Gasteiger partial charge in [-0.05, 0) is 80.8 Å². The molecule has 36 heavy (non-hydrogen) atoms. The number of fused-ring (bicyclic) bond motifs is 1. The van der Waals surface area contributed by atoms with Gasteiger partial charge in [0.05, 0.1) is 0 Å². The minimum Gasteiger partial charge on any atom is -0.457 e. The van der Waals surface area contributed by atoms with Crippen molar-refractivity contribution in [3.05, 3.63) is 66.1 Å². The molecule has 5 rings (SSSR count). The van der Waals surface area contributed by atoms with Crippen molar-refractivity contribution in [2.45, 2.75) is 45.1 Å². The number of para-hydroxylation sites is 1. The second-order valence-corrected chi connectivity index (χ2v) is 9.38. The molecule has 0 spiro atoms. The number of primary amides is 1. The van der Waals surface area contributed by atoms with Crippen LogP contribution in [-0.4, -0.2) is 39.4 Å². The van der Waals surface area contributed by atoms with Crippen LogP contribution in [0.25, 0.3) is 11.3 Å². The van der Waals surface area contributed by atoms with Gasteiger partial charge in [0.15, 0.2) is 0 Å². The van der Waals surface area contributed by atoms with Gasteiger partial charge >= 0.3 is 0 Å². The van der Waals surface area contributed by atoms with Crippen LogP contribution in [-0.2, 0) is 11.3 Å². The van der Waals surface area contributed by atoms with Gasteiger partial charge in [-0.15, -0.1) is 0 Å². The van der Waals surface area contributed by atoms with Crippen LogP contribution in [0, 0.1) is 17.8 Å². The highest BCUT2D eigenvalue weighted by Crippen LogP contribution is 2.41. The van der Waals surface area contributed by atoms with Gasteiger partial charge in [0.2, 0.25) is 0 Å². The number of likely N-dealkylation sites (tertiary alicyclic amines) is 1. The van der Waals surface area contributed by atoms with E-state index in [1.165, 1.54) is 0 Å². The van der Waals surface area contributed by atoms with E-state index >= 15 is 0 Å².